The van der Waals surface area contributed by atoms with E-state index in [1.165, 1.54) is 5.56 Å². The fourth-order valence-corrected chi connectivity index (χ4v) is 3.75. The minimum absolute atomic E-state index is 0.655. The maximum Gasteiger partial charge on any atom is 0.195 e. The van der Waals surface area contributed by atoms with Gasteiger partial charge in [0.2, 0.25) is 0 Å². The predicted molar refractivity (Wildman–Crippen MR) is 109 cm³/mol. The van der Waals surface area contributed by atoms with Crippen LogP contribution in [0, 0.1) is 0 Å². The SMILES string of the molecule is Brc1ccc(-c2ccc(CN3CCc4nc(-c5ccco5)ncc4C3)o2)cc1. The molecule has 0 atom stereocenters. The number of aromatic nitrogens is 2. The number of rotatable bonds is 4. The molecule has 0 spiro atoms. The van der Waals surface area contributed by atoms with Gasteiger partial charge in [-0.15, -0.1) is 0 Å². The highest BCUT2D eigenvalue weighted by Gasteiger charge is 2.20. The van der Waals surface area contributed by atoms with Gasteiger partial charge in [0.15, 0.2) is 11.6 Å². The van der Waals surface area contributed by atoms with Crippen molar-refractivity contribution < 1.29 is 8.83 Å². The van der Waals surface area contributed by atoms with E-state index in [4.69, 9.17) is 8.83 Å². The molecule has 140 valence electrons. The summed E-state index contributed by atoms with van der Waals surface area (Å²) in [5.41, 5.74) is 3.35. The molecule has 28 heavy (non-hydrogen) atoms. The quantitative estimate of drug-likeness (QED) is 0.434. The van der Waals surface area contributed by atoms with Crippen molar-refractivity contribution in [1.29, 1.82) is 0 Å². The Hall–Kier alpha value is -2.70. The molecule has 0 fully saturated rings. The van der Waals surface area contributed by atoms with Gasteiger partial charge < -0.3 is 8.83 Å². The molecular formula is C22H18BrN3O2. The van der Waals surface area contributed by atoms with Gasteiger partial charge in [-0.2, -0.15) is 0 Å². The second-order valence-electron chi connectivity index (χ2n) is 6.88. The summed E-state index contributed by atoms with van der Waals surface area (Å²) in [5, 5.41) is 0. The summed E-state index contributed by atoms with van der Waals surface area (Å²) in [4.78, 5) is 11.5. The number of hydrogen-bond donors (Lipinski definition) is 0. The summed E-state index contributed by atoms with van der Waals surface area (Å²) in [5.74, 6) is 3.23. The van der Waals surface area contributed by atoms with Crippen LogP contribution >= 0.6 is 15.9 Å². The van der Waals surface area contributed by atoms with Gasteiger partial charge in [-0.1, -0.05) is 28.1 Å². The van der Waals surface area contributed by atoms with Crippen molar-refractivity contribution in [2.75, 3.05) is 6.54 Å². The summed E-state index contributed by atoms with van der Waals surface area (Å²) >= 11 is 3.47. The highest BCUT2D eigenvalue weighted by atomic mass is 79.9. The lowest BCUT2D eigenvalue weighted by Crippen LogP contribution is -2.30. The first-order valence-electron chi connectivity index (χ1n) is 9.20. The molecule has 1 aliphatic heterocycles. The predicted octanol–water partition coefficient (Wildman–Crippen LogP) is 5.32. The van der Waals surface area contributed by atoms with Crippen molar-refractivity contribution in [3.05, 3.63) is 82.5 Å². The zero-order chi connectivity index (χ0) is 18.9. The number of fused-ring (bicyclic) bond motifs is 1. The average molecular weight is 436 g/mol. The molecule has 3 aromatic heterocycles. The van der Waals surface area contributed by atoms with E-state index < -0.39 is 0 Å². The maximum absolute atomic E-state index is 6.07. The zero-order valence-corrected chi connectivity index (χ0v) is 16.7. The summed E-state index contributed by atoms with van der Waals surface area (Å²) in [7, 11) is 0. The molecule has 0 saturated carbocycles. The topological polar surface area (TPSA) is 55.3 Å². The Kier molecular flexibility index (Phi) is 4.58. The van der Waals surface area contributed by atoms with Crippen LogP contribution in [-0.2, 0) is 19.5 Å². The molecule has 5 rings (SSSR count). The number of benzene rings is 1. The number of hydrogen-bond acceptors (Lipinski definition) is 5. The van der Waals surface area contributed by atoms with Gasteiger partial charge in [0.1, 0.15) is 11.5 Å². The van der Waals surface area contributed by atoms with Crippen molar-refractivity contribution >= 4 is 15.9 Å². The van der Waals surface area contributed by atoms with Crippen molar-refractivity contribution in [3.63, 3.8) is 0 Å². The van der Waals surface area contributed by atoms with E-state index >= 15 is 0 Å². The molecule has 0 aliphatic carbocycles. The van der Waals surface area contributed by atoms with Gasteiger partial charge >= 0.3 is 0 Å². The second-order valence-corrected chi connectivity index (χ2v) is 7.79. The molecule has 4 aromatic rings. The Balaban J connectivity index is 1.29. The highest BCUT2D eigenvalue weighted by molar-refractivity contribution is 9.10. The largest absolute Gasteiger partial charge is 0.461 e. The lowest BCUT2D eigenvalue weighted by Gasteiger charge is -2.27. The normalized spacial score (nSPS) is 14.2. The van der Waals surface area contributed by atoms with Crippen molar-refractivity contribution in [2.24, 2.45) is 0 Å². The third kappa shape index (κ3) is 3.53. The van der Waals surface area contributed by atoms with E-state index in [1.54, 1.807) is 6.26 Å². The van der Waals surface area contributed by atoms with Crippen LogP contribution in [0.3, 0.4) is 0 Å². The Morgan fingerprint density at radius 1 is 1.04 bits per heavy atom. The number of halogens is 1. The van der Waals surface area contributed by atoms with E-state index in [0.717, 1.165) is 53.3 Å². The summed E-state index contributed by atoms with van der Waals surface area (Å²) < 4.78 is 12.5. The number of furan rings is 2. The highest BCUT2D eigenvalue weighted by Crippen LogP contribution is 2.26. The van der Waals surface area contributed by atoms with Crippen LogP contribution in [0.25, 0.3) is 22.9 Å². The van der Waals surface area contributed by atoms with Crippen LogP contribution in [0.15, 0.2) is 74.3 Å². The smallest absolute Gasteiger partial charge is 0.195 e. The summed E-state index contributed by atoms with van der Waals surface area (Å²) in [6.45, 7) is 2.54. The molecule has 0 saturated heterocycles. The van der Waals surface area contributed by atoms with Crippen LogP contribution < -0.4 is 0 Å². The van der Waals surface area contributed by atoms with Crippen molar-refractivity contribution in [2.45, 2.75) is 19.5 Å². The molecule has 0 unspecified atom stereocenters. The third-order valence-corrected chi connectivity index (χ3v) is 5.45. The number of nitrogens with zero attached hydrogens (tertiary/aromatic N) is 3. The second kappa shape index (κ2) is 7.37. The fourth-order valence-electron chi connectivity index (χ4n) is 3.49. The molecule has 4 heterocycles. The first-order chi connectivity index (χ1) is 13.7. The first-order valence-corrected chi connectivity index (χ1v) is 9.99. The van der Waals surface area contributed by atoms with Crippen LogP contribution in [0.5, 0.6) is 0 Å². The molecule has 0 amide bonds. The van der Waals surface area contributed by atoms with Crippen LogP contribution in [-0.4, -0.2) is 21.4 Å². The molecule has 0 radical (unpaired) electrons. The minimum atomic E-state index is 0.655. The minimum Gasteiger partial charge on any atom is -0.461 e. The average Bonchev–Trinajstić information content (AvgIpc) is 3.41. The van der Waals surface area contributed by atoms with Gasteiger partial charge in [-0.05, 0) is 36.4 Å². The molecular weight excluding hydrogens is 418 g/mol. The van der Waals surface area contributed by atoms with E-state index in [0.29, 0.717) is 11.6 Å². The van der Waals surface area contributed by atoms with E-state index in [1.807, 2.05) is 36.5 Å². The van der Waals surface area contributed by atoms with Crippen LogP contribution in [0.4, 0.5) is 0 Å². The fraction of sp³-hybridized carbons (Fsp3) is 0.182. The van der Waals surface area contributed by atoms with E-state index in [9.17, 15) is 0 Å². The molecule has 5 nitrogen and oxygen atoms in total. The molecule has 1 aliphatic rings. The summed E-state index contributed by atoms with van der Waals surface area (Å²) in [6, 6.07) is 16.0. The Labute approximate surface area is 171 Å². The van der Waals surface area contributed by atoms with Gasteiger partial charge in [0.25, 0.3) is 0 Å². The van der Waals surface area contributed by atoms with E-state index in [-0.39, 0.29) is 0 Å². The Bertz CT molecular complexity index is 1090. The molecule has 0 bridgehead atoms. The van der Waals surface area contributed by atoms with Gasteiger partial charge in [-0.3, -0.25) is 4.90 Å². The summed E-state index contributed by atoms with van der Waals surface area (Å²) in [6.07, 6.45) is 4.46. The van der Waals surface area contributed by atoms with Gasteiger partial charge in [0.05, 0.1) is 18.5 Å². The van der Waals surface area contributed by atoms with Crippen LogP contribution in [0.1, 0.15) is 17.0 Å². The lowest BCUT2D eigenvalue weighted by molar-refractivity contribution is 0.224. The van der Waals surface area contributed by atoms with E-state index in [2.05, 4.69) is 49.0 Å². The molecule has 1 aromatic carbocycles. The standard InChI is InChI=1S/C22H18BrN3O2/c23-17-5-3-15(4-6-17)20-8-7-18(28-20)14-26-10-9-19-16(13-26)12-24-22(25-19)21-2-1-11-27-21/h1-8,11-12H,9-10,13-14H2. The molecule has 0 N–H and O–H groups in total. The molecule has 6 heteroatoms. The third-order valence-electron chi connectivity index (χ3n) is 4.92. The Morgan fingerprint density at radius 3 is 2.75 bits per heavy atom. The first kappa shape index (κ1) is 17.4. The monoisotopic (exact) mass is 435 g/mol. The maximum atomic E-state index is 6.07. The Morgan fingerprint density at radius 2 is 1.93 bits per heavy atom. The van der Waals surface area contributed by atoms with Gasteiger partial charge in [0, 0.05) is 41.3 Å². The lowest BCUT2D eigenvalue weighted by atomic mass is 10.1. The van der Waals surface area contributed by atoms with Crippen molar-refractivity contribution in [3.8, 4) is 22.9 Å². The zero-order valence-electron chi connectivity index (χ0n) is 15.1. The van der Waals surface area contributed by atoms with Crippen LogP contribution in [0.2, 0.25) is 0 Å². The van der Waals surface area contributed by atoms with Gasteiger partial charge in [-0.25, -0.2) is 9.97 Å². The van der Waals surface area contributed by atoms with Crippen molar-refractivity contribution in [1.82, 2.24) is 14.9 Å².